The van der Waals surface area contributed by atoms with E-state index in [1.807, 2.05) is 13.8 Å². The molecule has 0 aliphatic carbocycles. The van der Waals surface area contributed by atoms with E-state index in [1.54, 1.807) is 149 Å². The first-order valence-corrected chi connectivity index (χ1v) is 53.3. The largest absolute Gasteiger partial charge is 0.444 e. The zero-order valence-electron chi connectivity index (χ0n) is 73.4. The third-order valence-corrected chi connectivity index (χ3v) is 29.9. The maximum absolute atomic E-state index is 12.9. The predicted molar refractivity (Wildman–Crippen MR) is 506 cm³/mol. The van der Waals surface area contributed by atoms with E-state index in [2.05, 4.69) is 31.9 Å². The van der Waals surface area contributed by atoms with Crippen LogP contribution in [0.25, 0.3) is 0 Å². The topological polar surface area (TPSA) is 649 Å². The van der Waals surface area contributed by atoms with E-state index in [0.717, 1.165) is 37.0 Å². The number of rotatable bonds is 56. The van der Waals surface area contributed by atoms with Crippen LogP contribution in [0.3, 0.4) is 0 Å². The highest BCUT2D eigenvalue weighted by atomic mass is 33.2. The number of imide groups is 2. The summed E-state index contributed by atoms with van der Waals surface area (Å²) < 4.78 is 11.6. The van der Waals surface area contributed by atoms with Gasteiger partial charge in [0.1, 0.15) is 50.5 Å². The Morgan fingerprint density at radius 1 is 0.344 bits per heavy atom. The van der Waals surface area contributed by atoms with Gasteiger partial charge in [-0.25, -0.2) is 19.2 Å². The summed E-state index contributed by atoms with van der Waals surface area (Å²) in [6.07, 6.45) is 8.62. The molecule has 7 saturated heterocycles. The summed E-state index contributed by atoms with van der Waals surface area (Å²) in [7, 11) is 16.7. The summed E-state index contributed by atoms with van der Waals surface area (Å²) in [6.45, 7) is 13.3. The van der Waals surface area contributed by atoms with Gasteiger partial charge < -0.3 is 106 Å². The molecule has 5 atom stereocenters. The number of carbonyl (C=O) groups is 20. The Hall–Kier alpha value is -7.18. The molecule has 7 heterocycles. The number of nitrogens with two attached hydrogens (primary N) is 7. The second kappa shape index (κ2) is 61.5. The number of nitrogens with zero attached hydrogens (tertiary/aromatic N) is 5. The molecule has 0 spiro atoms. The molecule has 7 fully saturated rings. The number of primary amides is 5. The molecule has 7 aliphatic rings. The lowest BCUT2D eigenvalue weighted by Crippen LogP contribution is -2.47. The summed E-state index contributed by atoms with van der Waals surface area (Å²) in [4.78, 5) is 252. The van der Waals surface area contributed by atoms with Crippen molar-refractivity contribution < 1.29 is 122 Å². The lowest BCUT2D eigenvalue weighted by atomic mass is 10.0. The zero-order chi connectivity index (χ0) is 95.8. The van der Waals surface area contributed by atoms with E-state index < -0.39 is 95.7 Å². The van der Waals surface area contributed by atoms with Gasteiger partial charge >= 0.3 is 24.1 Å². The number of ether oxygens (including phenoxy) is 2. The molecular weight excluding hydrogens is 1870 g/mol. The van der Waals surface area contributed by atoms with Gasteiger partial charge in [0.05, 0.1) is 52.5 Å². The van der Waals surface area contributed by atoms with Gasteiger partial charge in [-0.05, 0) is 112 Å². The van der Waals surface area contributed by atoms with Crippen LogP contribution in [0.5, 0.6) is 0 Å². The molecule has 0 aromatic heterocycles. The van der Waals surface area contributed by atoms with Crippen molar-refractivity contribution in [3.05, 3.63) is 0 Å². The van der Waals surface area contributed by atoms with Crippen molar-refractivity contribution in [1.82, 2.24) is 56.7 Å². The van der Waals surface area contributed by atoms with Crippen LogP contribution < -0.4 is 72.0 Å². The quantitative estimate of drug-likeness (QED) is 0.0173. The Balaban J connectivity index is -0.00000175. The fourth-order valence-corrected chi connectivity index (χ4v) is 20.9. The molecule has 0 saturated carbocycles. The molecule has 734 valence electrons. The zero-order valence-corrected chi connectivity index (χ0v) is 81.6. The van der Waals surface area contributed by atoms with Crippen molar-refractivity contribution in [1.29, 1.82) is 0 Å². The van der Waals surface area contributed by atoms with E-state index in [9.17, 15) is 95.9 Å². The second-order valence-corrected chi connectivity index (χ2v) is 45.5. The number of unbranched alkanes of at least 4 members (excludes halogenated alkanes) is 5. The third-order valence-electron chi connectivity index (χ3n) is 18.3. The molecule has 20 N–H and O–H groups in total. The SMILES string of the molecule is CC.CC(C)(C)OC(=O)NCCC(=O)N(CC(=O)NCCCC[C@@H](C(N)=O)C1SS1)CC(=O)NCCCC[C@@H](C(N)=O)C1SS1.CC(C)(C)OC(=O)NCCC(=O)N(CC(=O)ON1C(=O)CCC1=O)CC(=O)ON1C(=O)CCC1=O.NCCC(=O)N(CC(=O)NCCCC[C@@H](C(N)=O)C1SS1)CC(=O)NCCCC[C@@H](C(N)=O)C1SS1.NCCCC[C@@H](C(N)=O)C1SS1.[HH].[HH].[HH].[HH].[HH]. The Labute approximate surface area is 792 Å². The van der Waals surface area contributed by atoms with Crippen LogP contribution in [0.1, 0.15) is 204 Å². The molecule has 0 aromatic rings. The van der Waals surface area contributed by atoms with Gasteiger partial charge in [-0.15, -0.1) is 10.1 Å². The van der Waals surface area contributed by atoms with E-state index >= 15 is 0 Å². The molecule has 0 bridgehead atoms. The van der Waals surface area contributed by atoms with Crippen molar-refractivity contribution in [3.8, 4) is 0 Å². The van der Waals surface area contributed by atoms with Gasteiger partial charge in [-0.1, -0.05) is 154 Å². The fourth-order valence-electron chi connectivity index (χ4n) is 11.5. The highest BCUT2D eigenvalue weighted by molar-refractivity contribution is 8.93. The number of nitrogens with one attached hydrogen (secondary N) is 6. The molecular formula is C76H136N18O24S10. The first kappa shape index (κ1) is 115. The van der Waals surface area contributed by atoms with Crippen molar-refractivity contribution >= 4 is 227 Å². The molecule has 0 unspecified atom stereocenters. The summed E-state index contributed by atoms with van der Waals surface area (Å²) in [5.74, 6) is -10.6. The van der Waals surface area contributed by atoms with Gasteiger partial charge in [0.15, 0.2) is 0 Å². The van der Waals surface area contributed by atoms with Crippen LogP contribution in [0.2, 0.25) is 0 Å². The number of hydrogen-bond acceptors (Lipinski definition) is 36. The van der Waals surface area contributed by atoms with E-state index in [4.69, 9.17) is 59.3 Å². The van der Waals surface area contributed by atoms with Gasteiger partial charge in [-0.3, -0.25) is 76.7 Å². The first-order chi connectivity index (χ1) is 60.5. The molecule has 42 nitrogen and oxygen atoms in total. The monoisotopic (exact) mass is 2000 g/mol. The summed E-state index contributed by atoms with van der Waals surface area (Å²) >= 11 is 0. The normalized spacial score (nSPS) is 16.2. The Bertz CT molecular complexity index is 3590. The maximum atomic E-state index is 12.9. The molecule has 0 radical (unpaired) electrons. The number of carbonyl (C=O) groups excluding carboxylic acids is 20. The average Bonchev–Trinajstić information content (AvgIpc) is 1.77. The van der Waals surface area contributed by atoms with Crippen molar-refractivity contribution in [3.63, 3.8) is 0 Å². The number of amides is 18. The highest BCUT2D eigenvalue weighted by Crippen LogP contribution is 2.60. The average molecular weight is 2010 g/mol. The van der Waals surface area contributed by atoms with Gasteiger partial charge in [0.2, 0.25) is 70.9 Å². The second-order valence-electron chi connectivity index (χ2n) is 31.3. The van der Waals surface area contributed by atoms with Crippen LogP contribution in [0.15, 0.2) is 0 Å². The lowest BCUT2D eigenvalue weighted by molar-refractivity contribution is -0.201. The minimum atomic E-state index is -1.21. The Kier molecular flexibility index (Phi) is 55.3. The van der Waals surface area contributed by atoms with E-state index in [-0.39, 0.29) is 203 Å². The molecule has 128 heavy (non-hydrogen) atoms. The standard InChI is InChI=1S/C26H44N6O7S4.C21H36N6O5S4.C20H26N4O11.C7H14N2OS2.C2H6.5H2/c1-26(2,3)39-25(38)31-13-10-20(35)32(14-18(33)29-11-6-4-8-16(21(27)36)23-40-41-23)15-19(34)30-12-7-5-9-17(22(28)37)24-42-43-24;22-8-7-17(30)27(11-15(28)25-9-3-1-5-13(18(23)31)20-33-34-20)12-16(29)26-10-4-2-6-14(19(24)32)21-35-36-21;1-20(2,3)33-19(32)21-9-8-12(25)22(10-17(30)34-23-13(26)4-5-14(23)27)11-18(31)35-24-15(28)6-7-16(24)29;8-4-2-1-3-5(6(9)10)7-11-12-7;1-2;;;;;/h16-17,23-24H,4-15H2,1-3H3,(H2,27,36)(H2,28,37)(H,29,33)(H,30,34)(H,31,38);13-14,20-21H,1-12,22H2,(H2,23,31)(H2,24,32)(H,25,28)(H,26,29);4-11H2,1-3H3,(H,21,32);5,7H,1-4,8H2,(H2,9,10);1-2H3;5*1H/t16-,17-;13-,14-;;5-;;;;;;/m00.0....../s1. The molecule has 7 rings (SSSR count). The smallest absolute Gasteiger partial charge is 0.407 e. The summed E-state index contributed by atoms with van der Waals surface area (Å²) in [6, 6.07) is 0. The number of alkyl carbamates (subject to hydrolysis) is 2. The summed E-state index contributed by atoms with van der Waals surface area (Å²) in [5.41, 5.74) is 36.4. The Morgan fingerprint density at radius 2 is 0.570 bits per heavy atom. The third kappa shape index (κ3) is 51.0. The number of hydrogen-bond donors (Lipinski definition) is 13. The van der Waals surface area contributed by atoms with Crippen molar-refractivity contribution in [2.24, 2.45) is 69.7 Å². The molecule has 0 aromatic carbocycles. The first-order valence-electron chi connectivity index (χ1n) is 42.0. The van der Waals surface area contributed by atoms with Crippen molar-refractivity contribution in [2.45, 2.75) is 231 Å². The highest BCUT2D eigenvalue weighted by Gasteiger charge is 2.42. The van der Waals surface area contributed by atoms with E-state index in [1.165, 1.54) is 4.90 Å². The summed E-state index contributed by atoms with van der Waals surface area (Å²) in [5, 5.41) is 16.4. The Morgan fingerprint density at radius 3 is 0.781 bits per heavy atom. The molecule has 7 aliphatic heterocycles. The van der Waals surface area contributed by atoms with Gasteiger partial charge in [0, 0.05) is 97.9 Å². The minimum absolute atomic E-state index is 0. The van der Waals surface area contributed by atoms with Gasteiger partial charge in [0.25, 0.3) is 23.6 Å². The molecule has 52 heteroatoms. The van der Waals surface area contributed by atoms with Gasteiger partial charge in [-0.2, -0.15) is 0 Å². The lowest BCUT2D eigenvalue weighted by Gasteiger charge is -2.23. The predicted octanol–water partition coefficient (Wildman–Crippen LogP) is 4.47. The van der Waals surface area contributed by atoms with Crippen LogP contribution in [0.4, 0.5) is 9.59 Å². The van der Waals surface area contributed by atoms with Crippen molar-refractivity contribution in [2.75, 3.05) is 91.6 Å². The maximum Gasteiger partial charge on any atom is 0.407 e. The fraction of sp³-hybridized carbons (Fsp3) is 0.737. The van der Waals surface area contributed by atoms with Crippen LogP contribution in [-0.2, 0) is 105 Å². The molecule has 18 amide bonds. The van der Waals surface area contributed by atoms with E-state index in [0.29, 0.717) is 106 Å². The van der Waals surface area contributed by atoms with Crippen LogP contribution in [0, 0.1) is 29.6 Å². The van der Waals surface area contributed by atoms with Crippen LogP contribution in [-0.4, -0.2) is 269 Å². The number of hydroxylamine groups is 4. The van der Waals surface area contributed by atoms with Crippen LogP contribution >= 0.6 is 108 Å². The minimum Gasteiger partial charge on any atom is -0.444 e.